The van der Waals surface area contributed by atoms with E-state index in [1.54, 1.807) is 5.56 Å². The molecule has 1 unspecified atom stereocenters. The van der Waals surface area contributed by atoms with Gasteiger partial charge in [0.2, 0.25) is 0 Å². The second-order valence-electron chi connectivity index (χ2n) is 7.17. The van der Waals surface area contributed by atoms with Crippen molar-refractivity contribution >= 4 is 0 Å². The standard InChI is InChI=1S/C21H28/c1-17-14-19(13-12-18-8-4-2-5-9-18)16-21(15-17)20-10-6-3-7-11-20/h2-8,10-11,17-19,21H,9,12-16H2,1H3/t17-,18?,19+,21-/m0/s1. The van der Waals surface area contributed by atoms with Gasteiger partial charge in [-0.3, -0.25) is 0 Å². The molecule has 1 aromatic carbocycles. The summed E-state index contributed by atoms with van der Waals surface area (Å²) < 4.78 is 0. The van der Waals surface area contributed by atoms with Crippen molar-refractivity contribution in [2.24, 2.45) is 17.8 Å². The molecule has 2 aliphatic rings. The Labute approximate surface area is 130 Å². The van der Waals surface area contributed by atoms with E-state index in [-0.39, 0.29) is 0 Å². The fourth-order valence-corrected chi connectivity index (χ4v) is 4.27. The Bertz CT molecular complexity index is 482. The third kappa shape index (κ3) is 4.09. The summed E-state index contributed by atoms with van der Waals surface area (Å²) in [6.07, 6.45) is 17.4. The van der Waals surface area contributed by atoms with Crippen LogP contribution in [0.5, 0.6) is 0 Å². The maximum atomic E-state index is 2.45. The zero-order valence-electron chi connectivity index (χ0n) is 13.2. The number of rotatable bonds is 4. The molecule has 0 nitrogen and oxygen atoms in total. The number of hydrogen-bond acceptors (Lipinski definition) is 0. The fraction of sp³-hybridized carbons (Fsp3) is 0.524. The smallest absolute Gasteiger partial charge is 0.0157 e. The predicted octanol–water partition coefficient (Wildman–Crippen LogP) is 6.12. The molecule has 3 rings (SSSR count). The molecule has 0 bridgehead atoms. The molecule has 112 valence electrons. The molecule has 1 fully saturated rings. The zero-order valence-corrected chi connectivity index (χ0v) is 13.2. The SMILES string of the molecule is C[C@H]1C[C@@H](CCC2C=CC=CC2)C[C@@H](c2ccccc2)C1. The minimum atomic E-state index is 0.793. The Balaban J connectivity index is 1.56. The lowest BCUT2D eigenvalue weighted by Crippen LogP contribution is -2.20. The Morgan fingerprint density at radius 2 is 1.81 bits per heavy atom. The molecule has 0 spiro atoms. The van der Waals surface area contributed by atoms with Crippen molar-refractivity contribution in [3.05, 3.63) is 60.2 Å². The van der Waals surface area contributed by atoms with E-state index in [1.807, 2.05) is 0 Å². The number of benzene rings is 1. The summed E-state index contributed by atoms with van der Waals surface area (Å²) in [5.41, 5.74) is 1.56. The van der Waals surface area contributed by atoms with Gasteiger partial charge in [-0.15, -0.1) is 0 Å². The number of hydrogen-bond donors (Lipinski definition) is 0. The van der Waals surface area contributed by atoms with Crippen LogP contribution in [0.2, 0.25) is 0 Å². The highest BCUT2D eigenvalue weighted by Gasteiger charge is 2.27. The molecule has 21 heavy (non-hydrogen) atoms. The van der Waals surface area contributed by atoms with Crippen molar-refractivity contribution < 1.29 is 0 Å². The van der Waals surface area contributed by atoms with Gasteiger partial charge < -0.3 is 0 Å². The molecule has 0 heterocycles. The van der Waals surface area contributed by atoms with E-state index >= 15 is 0 Å². The van der Waals surface area contributed by atoms with E-state index in [9.17, 15) is 0 Å². The highest BCUT2D eigenvalue weighted by molar-refractivity contribution is 5.20. The highest BCUT2D eigenvalue weighted by Crippen LogP contribution is 2.41. The van der Waals surface area contributed by atoms with Gasteiger partial charge in [0.25, 0.3) is 0 Å². The van der Waals surface area contributed by atoms with Gasteiger partial charge in [0.15, 0.2) is 0 Å². The van der Waals surface area contributed by atoms with Gasteiger partial charge in [0, 0.05) is 0 Å². The van der Waals surface area contributed by atoms with Crippen molar-refractivity contribution in [3.8, 4) is 0 Å². The summed E-state index contributed by atoms with van der Waals surface area (Å²) in [5.74, 6) is 3.40. The van der Waals surface area contributed by atoms with Gasteiger partial charge in [0.05, 0.1) is 0 Å². The first-order valence-corrected chi connectivity index (χ1v) is 8.69. The van der Waals surface area contributed by atoms with E-state index in [4.69, 9.17) is 0 Å². The van der Waals surface area contributed by atoms with Crippen LogP contribution in [-0.4, -0.2) is 0 Å². The lowest BCUT2D eigenvalue weighted by molar-refractivity contribution is 0.232. The second kappa shape index (κ2) is 7.11. The topological polar surface area (TPSA) is 0 Å². The van der Waals surface area contributed by atoms with Crippen molar-refractivity contribution in [2.75, 3.05) is 0 Å². The molecule has 0 radical (unpaired) electrons. The first kappa shape index (κ1) is 14.6. The van der Waals surface area contributed by atoms with Crippen LogP contribution in [0, 0.1) is 17.8 Å². The Morgan fingerprint density at radius 3 is 2.57 bits per heavy atom. The largest absolute Gasteiger partial charge is 0.0840 e. The van der Waals surface area contributed by atoms with E-state index in [1.165, 1.54) is 38.5 Å². The molecule has 0 saturated heterocycles. The first-order chi connectivity index (χ1) is 10.3. The third-order valence-electron chi connectivity index (χ3n) is 5.33. The normalized spacial score (nSPS) is 32.2. The predicted molar refractivity (Wildman–Crippen MR) is 91.3 cm³/mol. The van der Waals surface area contributed by atoms with Gasteiger partial charge in [-0.05, 0) is 67.8 Å². The van der Waals surface area contributed by atoms with Gasteiger partial charge in [-0.2, -0.15) is 0 Å². The summed E-state index contributed by atoms with van der Waals surface area (Å²) in [4.78, 5) is 0. The summed E-state index contributed by atoms with van der Waals surface area (Å²) in [7, 11) is 0. The Kier molecular flexibility index (Phi) is 4.95. The Hall–Kier alpha value is -1.30. The van der Waals surface area contributed by atoms with Gasteiger partial charge in [-0.1, -0.05) is 61.6 Å². The van der Waals surface area contributed by atoms with E-state index < -0.39 is 0 Å². The molecule has 0 aliphatic heterocycles. The summed E-state index contributed by atoms with van der Waals surface area (Å²) >= 11 is 0. The molecule has 1 saturated carbocycles. The van der Waals surface area contributed by atoms with Crippen LogP contribution in [0.15, 0.2) is 54.6 Å². The monoisotopic (exact) mass is 280 g/mol. The van der Waals surface area contributed by atoms with Gasteiger partial charge >= 0.3 is 0 Å². The highest BCUT2D eigenvalue weighted by atomic mass is 14.3. The van der Waals surface area contributed by atoms with Crippen LogP contribution < -0.4 is 0 Å². The molecule has 0 amide bonds. The number of allylic oxidation sites excluding steroid dienone is 4. The third-order valence-corrected chi connectivity index (χ3v) is 5.33. The van der Waals surface area contributed by atoms with Crippen molar-refractivity contribution in [1.29, 1.82) is 0 Å². The zero-order chi connectivity index (χ0) is 14.5. The fourth-order valence-electron chi connectivity index (χ4n) is 4.27. The molecule has 1 aromatic rings. The lowest BCUT2D eigenvalue weighted by Gasteiger charge is -2.34. The first-order valence-electron chi connectivity index (χ1n) is 8.69. The maximum Gasteiger partial charge on any atom is -0.0157 e. The van der Waals surface area contributed by atoms with E-state index in [0.29, 0.717) is 0 Å². The maximum absolute atomic E-state index is 2.45. The minimum absolute atomic E-state index is 0.793. The van der Waals surface area contributed by atoms with Crippen LogP contribution in [0.3, 0.4) is 0 Å². The Morgan fingerprint density at radius 1 is 0.952 bits per heavy atom. The van der Waals surface area contributed by atoms with Crippen LogP contribution in [0.4, 0.5) is 0 Å². The van der Waals surface area contributed by atoms with Gasteiger partial charge in [0.1, 0.15) is 0 Å². The molecule has 2 aliphatic carbocycles. The minimum Gasteiger partial charge on any atom is -0.0840 e. The van der Waals surface area contributed by atoms with Crippen LogP contribution in [0.25, 0.3) is 0 Å². The average Bonchev–Trinajstić information content (AvgIpc) is 2.54. The molecule has 0 aromatic heterocycles. The molecular weight excluding hydrogens is 252 g/mol. The molecule has 0 N–H and O–H groups in total. The second-order valence-corrected chi connectivity index (χ2v) is 7.17. The lowest BCUT2D eigenvalue weighted by atomic mass is 9.71. The molecule has 4 atom stereocenters. The van der Waals surface area contributed by atoms with E-state index in [0.717, 1.165) is 23.7 Å². The van der Waals surface area contributed by atoms with Crippen molar-refractivity contribution in [3.63, 3.8) is 0 Å². The summed E-state index contributed by atoms with van der Waals surface area (Å²) in [5, 5.41) is 0. The summed E-state index contributed by atoms with van der Waals surface area (Å²) in [6, 6.07) is 11.2. The van der Waals surface area contributed by atoms with E-state index in [2.05, 4.69) is 61.6 Å². The van der Waals surface area contributed by atoms with Gasteiger partial charge in [-0.25, -0.2) is 0 Å². The molecular formula is C21H28. The van der Waals surface area contributed by atoms with Crippen molar-refractivity contribution in [1.82, 2.24) is 0 Å². The molecule has 0 heteroatoms. The van der Waals surface area contributed by atoms with Crippen LogP contribution >= 0.6 is 0 Å². The van der Waals surface area contributed by atoms with Crippen LogP contribution in [0.1, 0.15) is 56.9 Å². The summed E-state index contributed by atoms with van der Waals surface area (Å²) in [6.45, 7) is 2.45. The van der Waals surface area contributed by atoms with Crippen molar-refractivity contribution in [2.45, 2.75) is 51.4 Å². The quantitative estimate of drug-likeness (QED) is 0.623. The van der Waals surface area contributed by atoms with Crippen LogP contribution in [-0.2, 0) is 0 Å². The average molecular weight is 280 g/mol.